The van der Waals surface area contributed by atoms with Crippen LogP contribution in [0.2, 0.25) is 0 Å². The third-order valence-corrected chi connectivity index (χ3v) is 5.42. The van der Waals surface area contributed by atoms with Gasteiger partial charge in [-0.2, -0.15) is 0 Å². The van der Waals surface area contributed by atoms with Crippen molar-refractivity contribution in [2.45, 2.75) is 44.1 Å². The number of nitrogens with zero attached hydrogens (tertiary/aromatic N) is 3. The van der Waals surface area contributed by atoms with Crippen LogP contribution in [0.4, 0.5) is 4.79 Å². The molecule has 2 aliphatic heterocycles. The predicted octanol–water partition coefficient (Wildman–Crippen LogP) is 2.80. The molecule has 0 radical (unpaired) electrons. The highest BCUT2D eigenvalue weighted by Gasteiger charge is 2.29. The fraction of sp³-hybridized carbons (Fsp3) is 0.667. The van der Waals surface area contributed by atoms with Crippen molar-refractivity contribution in [3.8, 4) is 5.75 Å². The van der Waals surface area contributed by atoms with Gasteiger partial charge >= 0.3 is 6.09 Å². The van der Waals surface area contributed by atoms with Crippen molar-refractivity contribution in [2.24, 2.45) is 0 Å². The van der Waals surface area contributed by atoms with E-state index in [0.29, 0.717) is 25.0 Å². The summed E-state index contributed by atoms with van der Waals surface area (Å²) in [6, 6.07) is 4.42. The minimum atomic E-state index is -0.781. The first-order valence-corrected chi connectivity index (χ1v) is 8.90. The molecule has 1 atom stereocenters. The van der Waals surface area contributed by atoms with Crippen molar-refractivity contribution in [2.75, 3.05) is 33.3 Å². The quantitative estimate of drug-likeness (QED) is 0.921. The number of piperidine rings is 1. The number of rotatable bonds is 3. The highest BCUT2D eigenvalue weighted by molar-refractivity contribution is 5.64. The summed E-state index contributed by atoms with van der Waals surface area (Å²) >= 11 is 0. The summed E-state index contributed by atoms with van der Waals surface area (Å²) in [5.41, 5.74) is 1.08. The molecule has 0 bridgehead atoms. The maximum absolute atomic E-state index is 11.1. The Kier molecular flexibility index (Phi) is 5.56. The van der Waals surface area contributed by atoms with Crippen LogP contribution in [0.3, 0.4) is 0 Å². The first-order chi connectivity index (χ1) is 11.7. The molecule has 0 spiro atoms. The highest BCUT2D eigenvalue weighted by Crippen LogP contribution is 2.33. The number of carbonyl (C=O) groups is 1. The zero-order valence-corrected chi connectivity index (χ0v) is 14.4. The number of carboxylic acid groups (broad SMARTS) is 1. The SMILES string of the molecule is COc1cccnc1C1CCN(C2CCCN(C(=O)O)CC2)CC1. The van der Waals surface area contributed by atoms with Gasteiger partial charge in [0.15, 0.2) is 0 Å². The summed E-state index contributed by atoms with van der Waals surface area (Å²) in [6.45, 7) is 3.45. The molecule has 1 unspecified atom stereocenters. The smallest absolute Gasteiger partial charge is 0.407 e. The number of hydrogen-bond acceptors (Lipinski definition) is 4. The van der Waals surface area contributed by atoms with E-state index in [9.17, 15) is 4.79 Å². The van der Waals surface area contributed by atoms with E-state index < -0.39 is 6.09 Å². The van der Waals surface area contributed by atoms with Crippen LogP contribution in [0, 0.1) is 0 Å². The van der Waals surface area contributed by atoms with E-state index in [4.69, 9.17) is 9.84 Å². The number of aromatic nitrogens is 1. The zero-order chi connectivity index (χ0) is 16.9. The summed E-state index contributed by atoms with van der Waals surface area (Å²) < 4.78 is 5.46. The Hall–Kier alpha value is -1.82. The predicted molar refractivity (Wildman–Crippen MR) is 91.6 cm³/mol. The molecule has 2 fully saturated rings. The summed E-state index contributed by atoms with van der Waals surface area (Å²) in [7, 11) is 1.70. The van der Waals surface area contributed by atoms with Gasteiger partial charge in [-0.25, -0.2) is 4.79 Å². The maximum Gasteiger partial charge on any atom is 0.407 e. The van der Waals surface area contributed by atoms with Gasteiger partial charge in [0.25, 0.3) is 0 Å². The standard InChI is InChI=1S/C18H27N3O3/c1-24-16-5-2-9-19-17(16)14-6-11-20(12-7-14)15-4-3-10-21(13-8-15)18(22)23/h2,5,9,14-15H,3-4,6-8,10-13H2,1H3,(H,22,23). The van der Waals surface area contributed by atoms with Gasteiger partial charge in [0.05, 0.1) is 12.8 Å². The van der Waals surface area contributed by atoms with Crippen molar-refractivity contribution in [1.82, 2.24) is 14.8 Å². The molecule has 2 saturated heterocycles. The van der Waals surface area contributed by atoms with Gasteiger partial charge in [0.1, 0.15) is 5.75 Å². The van der Waals surface area contributed by atoms with Gasteiger partial charge in [-0.15, -0.1) is 0 Å². The average molecular weight is 333 g/mol. The van der Waals surface area contributed by atoms with Gasteiger partial charge in [0.2, 0.25) is 0 Å². The van der Waals surface area contributed by atoms with E-state index in [-0.39, 0.29) is 0 Å². The Bertz CT molecular complexity index is 558. The number of amides is 1. The molecule has 0 aromatic carbocycles. The molecule has 0 aliphatic carbocycles. The highest BCUT2D eigenvalue weighted by atomic mass is 16.5. The normalized spacial score (nSPS) is 23.7. The van der Waals surface area contributed by atoms with E-state index in [1.54, 1.807) is 12.0 Å². The molecule has 2 aliphatic rings. The van der Waals surface area contributed by atoms with Gasteiger partial charge < -0.3 is 19.6 Å². The van der Waals surface area contributed by atoms with Crippen molar-refractivity contribution < 1.29 is 14.6 Å². The molecule has 1 N–H and O–H groups in total. The lowest BCUT2D eigenvalue weighted by Crippen LogP contribution is -2.41. The Morgan fingerprint density at radius 1 is 1.21 bits per heavy atom. The fourth-order valence-electron chi connectivity index (χ4n) is 4.06. The second kappa shape index (κ2) is 7.83. The molecule has 3 rings (SSSR count). The third kappa shape index (κ3) is 3.80. The average Bonchev–Trinajstić information content (AvgIpc) is 2.88. The summed E-state index contributed by atoms with van der Waals surface area (Å²) in [6.07, 6.45) is 6.25. The lowest BCUT2D eigenvalue weighted by atomic mass is 9.91. The maximum atomic E-state index is 11.1. The van der Waals surface area contributed by atoms with Crippen LogP contribution >= 0.6 is 0 Å². The Labute approximate surface area is 143 Å². The van der Waals surface area contributed by atoms with E-state index in [1.165, 1.54) is 0 Å². The monoisotopic (exact) mass is 333 g/mol. The molecule has 1 amide bonds. The van der Waals surface area contributed by atoms with Gasteiger partial charge in [0, 0.05) is 31.2 Å². The van der Waals surface area contributed by atoms with E-state index in [2.05, 4.69) is 9.88 Å². The Morgan fingerprint density at radius 2 is 2.00 bits per heavy atom. The molecule has 132 valence electrons. The van der Waals surface area contributed by atoms with Gasteiger partial charge in [-0.3, -0.25) is 4.98 Å². The molecular formula is C18H27N3O3. The molecule has 1 aromatic rings. The second-order valence-electron chi connectivity index (χ2n) is 6.76. The van der Waals surface area contributed by atoms with Crippen LogP contribution < -0.4 is 4.74 Å². The van der Waals surface area contributed by atoms with Crippen LogP contribution in [0.5, 0.6) is 5.75 Å². The lowest BCUT2D eigenvalue weighted by Gasteiger charge is -2.37. The Balaban J connectivity index is 1.56. The molecule has 24 heavy (non-hydrogen) atoms. The van der Waals surface area contributed by atoms with E-state index in [0.717, 1.165) is 56.6 Å². The molecule has 6 nitrogen and oxygen atoms in total. The first-order valence-electron chi connectivity index (χ1n) is 8.90. The van der Waals surface area contributed by atoms with Crippen LogP contribution in [0.1, 0.15) is 43.7 Å². The van der Waals surface area contributed by atoms with Crippen LogP contribution in [0.15, 0.2) is 18.3 Å². The fourth-order valence-corrected chi connectivity index (χ4v) is 4.06. The molecule has 6 heteroatoms. The summed E-state index contributed by atoms with van der Waals surface area (Å²) in [5.74, 6) is 1.35. The van der Waals surface area contributed by atoms with Gasteiger partial charge in [-0.1, -0.05) is 0 Å². The third-order valence-electron chi connectivity index (χ3n) is 5.42. The minimum absolute atomic E-state index is 0.457. The van der Waals surface area contributed by atoms with Crippen LogP contribution in [-0.4, -0.2) is 65.3 Å². The number of hydrogen-bond donors (Lipinski definition) is 1. The molecule has 1 aromatic heterocycles. The minimum Gasteiger partial charge on any atom is -0.495 e. The number of methoxy groups -OCH3 is 1. The van der Waals surface area contributed by atoms with Crippen molar-refractivity contribution in [3.05, 3.63) is 24.0 Å². The van der Waals surface area contributed by atoms with Crippen molar-refractivity contribution in [1.29, 1.82) is 0 Å². The first kappa shape index (κ1) is 17.0. The van der Waals surface area contributed by atoms with Gasteiger partial charge in [-0.05, 0) is 57.3 Å². The number of ether oxygens (including phenoxy) is 1. The van der Waals surface area contributed by atoms with Crippen molar-refractivity contribution >= 4 is 6.09 Å². The second-order valence-corrected chi connectivity index (χ2v) is 6.76. The molecular weight excluding hydrogens is 306 g/mol. The van der Waals surface area contributed by atoms with Crippen molar-refractivity contribution in [3.63, 3.8) is 0 Å². The topological polar surface area (TPSA) is 65.9 Å². The van der Waals surface area contributed by atoms with Crippen LogP contribution in [-0.2, 0) is 0 Å². The summed E-state index contributed by atoms with van der Waals surface area (Å²) in [4.78, 5) is 19.8. The lowest BCUT2D eigenvalue weighted by molar-refractivity contribution is 0.130. The van der Waals surface area contributed by atoms with E-state index >= 15 is 0 Å². The Morgan fingerprint density at radius 3 is 2.71 bits per heavy atom. The van der Waals surface area contributed by atoms with E-state index in [1.807, 2.05) is 18.3 Å². The van der Waals surface area contributed by atoms with Crippen LogP contribution in [0.25, 0.3) is 0 Å². The number of likely N-dealkylation sites (tertiary alicyclic amines) is 2. The molecule has 3 heterocycles. The molecule has 0 saturated carbocycles. The summed E-state index contributed by atoms with van der Waals surface area (Å²) in [5, 5.41) is 9.16. The largest absolute Gasteiger partial charge is 0.495 e. The number of pyridine rings is 1. The zero-order valence-electron chi connectivity index (χ0n) is 14.4.